The first kappa shape index (κ1) is 39.3. The van der Waals surface area contributed by atoms with E-state index in [1.807, 2.05) is 0 Å². The molecule has 4 unspecified atom stereocenters. The molecule has 2 aromatic carbocycles. The van der Waals surface area contributed by atoms with Gasteiger partial charge in [0.15, 0.2) is 40.9 Å². The fraction of sp³-hybridized carbons (Fsp3) is 0.538. The maximum Gasteiger partial charge on any atom is 0.425 e. The number of hydrogen-bond donors (Lipinski definition) is 0. The Morgan fingerprint density at radius 2 is 0.980 bits per heavy atom. The molecule has 50 heavy (non-hydrogen) atoms. The third-order valence-corrected chi connectivity index (χ3v) is 8.00. The zero-order valence-corrected chi connectivity index (χ0v) is 23.8. The molecule has 0 radical (unpaired) electrons. The largest absolute Gasteiger partial charge is 0.487 e. The predicted molar refractivity (Wildman–Crippen MR) is 119 cm³/mol. The maximum atomic E-state index is 14.7. The van der Waals surface area contributed by atoms with Crippen LogP contribution in [0, 0.1) is 57.4 Å². The number of hydrogen-bond acceptors (Lipinski definition) is 4. The lowest BCUT2D eigenvalue weighted by Gasteiger charge is -2.50. The molecule has 4 rings (SSSR count). The van der Waals surface area contributed by atoms with Crippen molar-refractivity contribution in [2.45, 2.75) is 56.4 Å². The summed E-state index contributed by atoms with van der Waals surface area (Å²) in [5.41, 5.74) is -12.8. The first-order chi connectivity index (χ1) is 22.6. The summed E-state index contributed by atoms with van der Waals surface area (Å²) in [4.78, 5) is 0. The molecule has 0 spiro atoms. The van der Waals surface area contributed by atoms with Gasteiger partial charge in [-0.05, 0) is 6.92 Å². The van der Waals surface area contributed by atoms with Gasteiger partial charge in [-0.2, -0.15) is 70.2 Å². The summed E-state index contributed by atoms with van der Waals surface area (Å²) in [7, 11) is 0. The van der Waals surface area contributed by atoms with Gasteiger partial charge < -0.3 is 18.9 Å². The minimum atomic E-state index is -6.36. The summed E-state index contributed by atoms with van der Waals surface area (Å²) in [6.45, 7) is -5.05. The third kappa shape index (κ3) is 5.91. The monoisotopic (exact) mass is 770 g/mol. The summed E-state index contributed by atoms with van der Waals surface area (Å²) in [5, 5.41) is 0. The number of alkyl halides is 12. The molecule has 0 aromatic heterocycles. The fourth-order valence-corrected chi connectivity index (χ4v) is 4.98. The van der Waals surface area contributed by atoms with Crippen LogP contribution in [-0.4, -0.2) is 50.6 Å². The van der Waals surface area contributed by atoms with Crippen LogP contribution >= 0.6 is 0 Å². The quantitative estimate of drug-likeness (QED) is 0.198. The van der Waals surface area contributed by atoms with E-state index in [1.165, 1.54) is 0 Å². The molecule has 2 aromatic rings. The van der Waals surface area contributed by atoms with Crippen molar-refractivity contribution in [3.63, 3.8) is 0 Å². The Morgan fingerprint density at radius 3 is 1.30 bits per heavy atom. The molecule has 282 valence electrons. The van der Waals surface area contributed by atoms with Crippen molar-refractivity contribution < 1.29 is 107 Å². The van der Waals surface area contributed by atoms with Gasteiger partial charge in [-0.3, -0.25) is 0 Å². The van der Waals surface area contributed by atoms with Gasteiger partial charge in [-0.1, -0.05) is 0 Å². The Balaban J connectivity index is 1.61. The standard InChI is InChI=1S/C26H14F20O4/c1-21(24(38,39)40)4-48-19(21)7-9(27)15(33)18(16(34)10(7)28)50-6(23(35,36)37)2-3-47-17-13(31)11(29)8(12(30)14(17)32)20-22(5-49-20,25(41,42)43)26(44,45)46/h6,19-20H,2-5H2,1H3. The summed E-state index contributed by atoms with van der Waals surface area (Å²) in [6.07, 6.45) is -36.0. The molecule has 0 saturated carbocycles. The first-order valence-electron chi connectivity index (χ1n) is 13.1. The smallest absolute Gasteiger partial charge is 0.425 e. The van der Waals surface area contributed by atoms with E-state index in [9.17, 15) is 87.8 Å². The second kappa shape index (κ2) is 12.4. The lowest BCUT2D eigenvalue weighted by molar-refractivity contribution is -0.433. The Bertz CT molecular complexity index is 1570. The topological polar surface area (TPSA) is 36.9 Å². The van der Waals surface area contributed by atoms with E-state index in [2.05, 4.69) is 18.9 Å². The number of halogens is 20. The van der Waals surface area contributed by atoms with Crippen LogP contribution in [0.4, 0.5) is 87.8 Å². The molecule has 4 atom stereocenters. The average molecular weight is 770 g/mol. The molecule has 2 fully saturated rings. The SMILES string of the molecule is CC1(C(F)(F)F)COC1c1c(F)c(F)c(OC(CCOc2c(F)c(F)c(C3OCC3(C(F)(F)F)C(F)(F)F)c(F)c2F)C(F)(F)F)c(F)c1F. The van der Waals surface area contributed by atoms with Gasteiger partial charge in [0, 0.05) is 6.42 Å². The lowest BCUT2D eigenvalue weighted by atomic mass is 9.73. The second-order valence-corrected chi connectivity index (χ2v) is 11.0. The van der Waals surface area contributed by atoms with Crippen molar-refractivity contribution in [3.05, 3.63) is 57.7 Å². The second-order valence-electron chi connectivity index (χ2n) is 11.0. The molecule has 2 heterocycles. The molecular weight excluding hydrogens is 756 g/mol. The summed E-state index contributed by atoms with van der Waals surface area (Å²) >= 11 is 0. The van der Waals surface area contributed by atoms with Crippen LogP contribution in [0.1, 0.15) is 36.7 Å². The van der Waals surface area contributed by atoms with Gasteiger partial charge in [0.05, 0.1) is 30.9 Å². The van der Waals surface area contributed by atoms with Gasteiger partial charge >= 0.3 is 24.7 Å². The van der Waals surface area contributed by atoms with Crippen LogP contribution < -0.4 is 9.47 Å². The maximum absolute atomic E-state index is 14.7. The molecular formula is C26H14F20O4. The fourth-order valence-electron chi connectivity index (χ4n) is 4.98. The highest BCUT2D eigenvalue weighted by Gasteiger charge is 2.80. The summed E-state index contributed by atoms with van der Waals surface area (Å²) < 4.78 is 295. The van der Waals surface area contributed by atoms with Crippen LogP contribution in [0.2, 0.25) is 0 Å². The van der Waals surface area contributed by atoms with Gasteiger partial charge in [0.25, 0.3) is 0 Å². The molecule has 0 amide bonds. The predicted octanol–water partition coefficient (Wildman–Crippen LogP) is 9.40. The molecule has 0 N–H and O–H groups in total. The molecule has 2 aliphatic rings. The Morgan fingerprint density at radius 1 is 0.580 bits per heavy atom. The van der Waals surface area contributed by atoms with E-state index < -0.39 is 149 Å². The van der Waals surface area contributed by atoms with Crippen LogP contribution in [-0.2, 0) is 9.47 Å². The van der Waals surface area contributed by atoms with Gasteiger partial charge in [0.1, 0.15) is 17.6 Å². The summed E-state index contributed by atoms with van der Waals surface area (Å²) in [5.74, 6) is -27.5. The van der Waals surface area contributed by atoms with Crippen molar-refractivity contribution in [2.75, 3.05) is 19.8 Å². The molecule has 0 aliphatic carbocycles. The highest BCUT2D eigenvalue weighted by Crippen LogP contribution is 2.65. The highest BCUT2D eigenvalue weighted by atomic mass is 19.4. The number of benzene rings is 2. The van der Waals surface area contributed by atoms with Crippen molar-refractivity contribution in [3.8, 4) is 11.5 Å². The molecule has 2 aliphatic heterocycles. The van der Waals surface area contributed by atoms with E-state index in [0.29, 0.717) is 6.92 Å². The zero-order valence-electron chi connectivity index (χ0n) is 23.8. The van der Waals surface area contributed by atoms with Crippen molar-refractivity contribution in [1.82, 2.24) is 0 Å². The van der Waals surface area contributed by atoms with Gasteiger partial charge in [-0.25, -0.2) is 17.6 Å². The summed E-state index contributed by atoms with van der Waals surface area (Å²) in [6, 6.07) is 0. The van der Waals surface area contributed by atoms with E-state index >= 15 is 0 Å². The minimum absolute atomic E-state index is 0.344. The first-order valence-corrected chi connectivity index (χ1v) is 13.1. The van der Waals surface area contributed by atoms with E-state index in [0.717, 1.165) is 0 Å². The van der Waals surface area contributed by atoms with Gasteiger partial charge in [-0.15, -0.1) is 0 Å². The highest BCUT2D eigenvalue weighted by molar-refractivity contribution is 5.39. The lowest BCUT2D eigenvalue weighted by Crippen LogP contribution is -2.64. The van der Waals surface area contributed by atoms with Crippen LogP contribution in [0.25, 0.3) is 0 Å². The van der Waals surface area contributed by atoms with Crippen molar-refractivity contribution >= 4 is 0 Å². The average Bonchev–Trinajstić information content (AvgIpc) is 2.93. The minimum Gasteiger partial charge on any atom is -0.487 e. The van der Waals surface area contributed by atoms with Crippen molar-refractivity contribution in [1.29, 1.82) is 0 Å². The number of ether oxygens (including phenoxy) is 4. The van der Waals surface area contributed by atoms with Crippen LogP contribution in [0.3, 0.4) is 0 Å². The molecule has 4 nitrogen and oxygen atoms in total. The molecule has 0 bridgehead atoms. The third-order valence-electron chi connectivity index (χ3n) is 8.00. The molecule has 2 saturated heterocycles. The van der Waals surface area contributed by atoms with E-state index in [1.54, 1.807) is 0 Å². The Hall–Kier alpha value is -3.44. The zero-order chi connectivity index (χ0) is 38.3. The van der Waals surface area contributed by atoms with Gasteiger partial charge in [0.2, 0.25) is 28.7 Å². The number of rotatable bonds is 8. The normalized spacial score (nSPS) is 23.3. The molecule has 24 heteroatoms. The Kier molecular flexibility index (Phi) is 9.72. The Labute approximate surface area is 263 Å². The van der Waals surface area contributed by atoms with Crippen molar-refractivity contribution in [2.24, 2.45) is 10.8 Å². The van der Waals surface area contributed by atoms with Crippen LogP contribution in [0.5, 0.6) is 11.5 Å². The van der Waals surface area contributed by atoms with E-state index in [4.69, 9.17) is 0 Å². The van der Waals surface area contributed by atoms with Crippen LogP contribution in [0.15, 0.2) is 0 Å². The van der Waals surface area contributed by atoms with E-state index in [-0.39, 0.29) is 0 Å².